The third kappa shape index (κ3) is 3.32. The maximum Gasteiger partial charge on any atom is 0.293 e. The van der Waals surface area contributed by atoms with E-state index in [-0.39, 0.29) is 11.7 Å². The van der Waals surface area contributed by atoms with Crippen LogP contribution in [0.15, 0.2) is 18.2 Å². The molecule has 1 unspecified atom stereocenters. The molecule has 98 valence electrons. The zero-order chi connectivity index (χ0) is 13.0. The van der Waals surface area contributed by atoms with Crippen LogP contribution < -0.4 is 10.6 Å². The molecule has 6 nitrogen and oxygen atoms in total. The van der Waals surface area contributed by atoms with Crippen LogP contribution in [-0.4, -0.2) is 37.3 Å². The van der Waals surface area contributed by atoms with Gasteiger partial charge in [-0.25, -0.2) is 0 Å². The quantitative estimate of drug-likeness (QED) is 0.643. The van der Waals surface area contributed by atoms with Crippen LogP contribution >= 0.6 is 11.6 Å². The summed E-state index contributed by atoms with van der Waals surface area (Å²) in [4.78, 5) is 10.4. The number of nitro groups is 1. The monoisotopic (exact) mass is 271 g/mol. The molecule has 0 radical (unpaired) electrons. The van der Waals surface area contributed by atoms with Crippen molar-refractivity contribution in [2.75, 3.05) is 31.6 Å². The van der Waals surface area contributed by atoms with Gasteiger partial charge in [-0.3, -0.25) is 10.1 Å². The molecule has 2 rings (SSSR count). The zero-order valence-corrected chi connectivity index (χ0v) is 10.4. The highest BCUT2D eigenvalue weighted by Crippen LogP contribution is 2.27. The average Bonchev–Trinajstić information content (AvgIpc) is 2.38. The normalized spacial score (nSPS) is 19.5. The second-order valence-electron chi connectivity index (χ2n) is 4.03. The van der Waals surface area contributed by atoms with E-state index in [1.54, 1.807) is 12.1 Å². The minimum Gasteiger partial charge on any atom is -0.378 e. The number of ether oxygens (including phenoxy) is 1. The molecule has 7 heteroatoms. The van der Waals surface area contributed by atoms with Crippen LogP contribution in [0, 0.1) is 10.1 Å². The van der Waals surface area contributed by atoms with Gasteiger partial charge in [0, 0.05) is 30.2 Å². The molecule has 1 saturated heterocycles. The number of nitrogens with zero attached hydrogens (tertiary/aromatic N) is 1. The molecule has 1 fully saturated rings. The van der Waals surface area contributed by atoms with Crippen molar-refractivity contribution in [3.63, 3.8) is 0 Å². The fourth-order valence-electron chi connectivity index (χ4n) is 1.79. The molecule has 0 aliphatic carbocycles. The summed E-state index contributed by atoms with van der Waals surface area (Å²) in [6.07, 6.45) is 0. The molecule has 0 amide bonds. The Morgan fingerprint density at radius 2 is 2.44 bits per heavy atom. The lowest BCUT2D eigenvalue weighted by atomic mass is 10.2. The number of anilines is 1. The fraction of sp³-hybridized carbons (Fsp3) is 0.455. The van der Waals surface area contributed by atoms with Gasteiger partial charge in [-0.15, -0.1) is 0 Å². The topological polar surface area (TPSA) is 76.4 Å². The lowest BCUT2D eigenvalue weighted by molar-refractivity contribution is -0.383. The third-order valence-electron chi connectivity index (χ3n) is 2.69. The lowest BCUT2D eigenvalue weighted by Gasteiger charge is -2.24. The van der Waals surface area contributed by atoms with Crippen molar-refractivity contribution in [3.8, 4) is 0 Å². The number of hydrogen-bond donors (Lipinski definition) is 2. The van der Waals surface area contributed by atoms with Gasteiger partial charge in [-0.05, 0) is 12.1 Å². The van der Waals surface area contributed by atoms with Crippen molar-refractivity contribution in [2.24, 2.45) is 0 Å². The van der Waals surface area contributed by atoms with Gasteiger partial charge in [0.25, 0.3) is 5.69 Å². The maximum atomic E-state index is 10.9. The van der Waals surface area contributed by atoms with E-state index in [0.29, 0.717) is 30.5 Å². The SMILES string of the molecule is O=[N+]([O-])c1cc(Cl)ccc1NCC1COCCN1. The van der Waals surface area contributed by atoms with E-state index in [1.807, 2.05) is 0 Å². The fourth-order valence-corrected chi connectivity index (χ4v) is 1.96. The molecular weight excluding hydrogens is 258 g/mol. The highest BCUT2D eigenvalue weighted by molar-refractivity contribution is 6.30. The minimum absolute atomic E-state index is 0.0146. The third-order valence-corrected chi connectivity index (χ3v) is 2.93. The van der Waals surface area contributed by atoms with Gasteiger partial charge in [0.15, 0.2) is 0 Å². The number of morpholine rings is 1. The van der Waals surface area contributed by atoms with Crippen molar-refractivity contribution < 1.29 is 9.66 Å². The number of halogens is 1. The molecule has 1 aliphatic heterocycles. The first-order valence-electron chi connectivity index (χ1n) is 5.66. The predicted molar refractivity (Wildman–Crippen MR) is 69.2 cm³/mol. The smallest absolute Gasteiger partial charge is 0.293 e. The van der Waals surface area contributed by atoms with Crippen LogP contribution in [0.1, 0.15) is 0 Å². The molecule has 18 heavy (non-hydrogen) atoms. The van der Waals surface area contributed by atoms with Gasteiger partial charge in [-0.1, -0.05) is 11.6 Å². The van der Waals surface area contributed by atoms with Crippen LogP contribution in [-0.2, 0) is 4.74 Å². The summed E-state index contributed by atoms with van der Waals surface area (Å²) in [6.45, 7) is 2.68. The van der Waals surface area contributed by atoms with E-state index in [0.717, 1.165) is 6.54 Å². The second kappa shape index (κ2) is 5.99. The Morgan fingerprint density at radius 1 is 1.61 bits per heavy atom. The first-order chi connectivity index (χ1) is 8.66. The minimum atomic E-state index is -0.445. The summed E-state index contributed by atoms with van der Waals surface area (Å²) in [7, 11) is 0. The van der Waals surface area contributed by atoms with E-state index >= 15 is 0 Å². The predicted octanol–water partition coefficient (Wildman–Crippen LogP) is 1.65. The summed E-state index contributed by atoms with van der Waals surface area (Å²) in [5.74, 6) is 0. The number of nitro benzene ring substituents is 1. The van der Waals surface area contributed by atoms with Crippen LogP contribution in [0.3, 0.4) is 0 Å². The summed E-state index contributed by atoms with van der Waals surface area (Å²) in [5, 5.41) is 17.6. The number of hydrogen-bond acceptors (Lipinski definition) is 5. The van der Waals surface area contributed by atoms with Crippen LogP contribution in [0.4, 0.5) is 11.4 Å². The number of rotatable bonds is 4. The Labute approximate surface area is 109 Å². The molecule has 1 heterocycles. The molecule has 0 bridgehead atoms. The molecule has 2 N–H and O–H groups in total. The van der Waals surface area contributed by atoms with Crippen LogP contribution in [0.5, 0.6) is 0 Å². The van der Waals surface area contributed by atoms with Gasteiger partial charge in [0.2, 0.25) is 0 Å². The van der Waals surface area contributed by atoms with Gasteiger partial charge >= 0.3 is 0 Å². The molecule has 1 aromatic carbocycles. The van der Waals surface area contributed by atoms with Gasteiger partial charge in [0.1, 0.15) is 5.69 Å². The van der Waals surface area contributed by atoms with Gasteiger partial charge < -0.3 is 15.4 Å². The van der Waals surface area contributed by atoms with Crippen molar-refractivity contribution in [1.82, 2.24) is 5.32 Å². The number of benzene rings is 1. The van der Waals surface area contributed by atoms with Crippen molar-refractivity contribution in [3.05, 3.63) is 33.3 Å². The summed E-state index contributed by atoms with van der Waals surface area (Å²) in [6, 6.07) is 4.74. The Morgan fingerprint density at radius 3 is 3.11 bits per heavy atom. The first kappa shape index (κ1) is 13.1. The van der Waals surface area contributed by atoms with E-state index in [2.05, 4.69) is 10.6 Å². The number of nitrogens with one attached hydrogen (secondary N) is 2. The molecule has 0 saturated carbocycles. The van der Waals surface area contributed by atoms with E-state index in [1.165, 1.54) is 6.07 Å². The van der Waals surface area contributed by atoms with Crippen molar-refractivity contribution in [2.45, 2.75) is 6.04 Å². The summed E-state index contributed by atoms with van der Waals surface area (Å²) in [5.41, 5.74) is 0.455. The zero-order valence-electron chi connectivity index (χ0n) is 9.69. The molecule has 0 spiro atoms. The molecule has 0 aromatic heterocycles. The van der Waals surface area contributed by atoms with Gasteiger partial charge in [0.05, 0.1) is 18.1 Å². The lowest BCUT2D eigenvalue weighted by Crippen LogP contribution is -2.45. The molecule has 1 atom stereocenters. The van der Waals surface area contributed by atoms with E-state index in [9.17, 15) is 10.1 Å². The Balaban J connectivity index is 2.01. The van der Waals surface area contributed by atoms with E-state index < -0.39 is 4.92 Å². The van der Waals surface area contributed by atoms with Crippen molar-refractivity contribution in [1.29, 1.82) is 0 Å². The second-order valence-corrected chi connectivity index (χ2v) is 4.46. The Kier molecular flexibility index (Phi) is 4.35. The Bertz CT molecular complexity index is 436. The van der Waals surface area contributed by atoms with Gasteiger partial charge in [-0.2, -0.15) is 0 Å². The Hall–Kier alpha value is -1.37. The highest BCUT2D eigenvalue weighted by atomic mass is 35.5. The highest BCUT2D eigenvalue weighted by Gasteiger charge is 2.17. The average molecular weight is 272 g/mol. The molecule has 1 aromatic rings. The van der Waals surface area contributed by atoms with E-state index in [4.69, 9.17) is 16.3 Å². The van der Waals surface area contributed by atoms with Crippen molar-refractivity contribution >= 4 is 23.0 Å². The molecular formula is C11H14ClN3O3. The maximum absolute atomic E-state index is 10.9. The first-order valence-corrected chi connectivity index (χ1v) is 6.03. The van der Waals surface area contributed by atoms with Crippen LogP contribution in [0.25, 0.3) is 0 Å². The summed E-state index contributed by atoms with van der Waals surface area (Å²) >= 11 is 5.75. The van der Waals surface area contributed by atoms with Crippen LogP contribution in [0.2, 0.25) is 5.02 Å². The summed E-state index contributed by atoms with van der Waals surface area (Å²) < 4.78 is 5.31. The largest absolute Gasteiger partial charge is 0.378 e. The molecule has 1 aliphatic rings. The standard InChI is InChI=1S/C11H14ClN3O3/c12-8-1-2-10(11(5-8)15(16)17)14-6-9-7-18-4-3-13-9/h1-2,5,9,13-14H,3-4,6-7H2.